The number of hydrogen-bond acceptors (Lipinski definition) is 5. The van der Waals surface area contributed by atoms with Crippen LogP contribution in [0.4, 0.5) is 0 Å². The fraction of sp³-hybridized carbons (Fsp3) is 0.600. The van der Waals surface area contributed by atoms with Crippen molar-refractivity contribution in [2.75, 3.05) is 41.0 Å². The molecule has 5 nitrogen and oxygen atoms in total. The van der Waals surface area contributed by atoms with Gasteiger partial charge in [-0.15, -0.1) is 0 Å². The Morgan fingerprint density at radius 2 is 2.10 bits per heavy atom. The number of aliphatic hydroxyl groups is 1. The molecule has 0 saturated carbocycles. The molecule has 5 heteroatoms. The molecule has 112 valence electrons. The molecule has 2 unspecified atom stereocenters. The molecule has 1 aliphatic heterocycles. The highest BCUT2D eigenvalue weighted by Crippen LogP contribution is 2.30. The van der Waals surface area contributed by atoms with E-state index in [9.17, 15) is 5.11 Å². The van der Waals surface area contributed by atoms with Gasteiger partial charge in [-0.1, -0.05) is 0 Å². The van der Waals surface area contributed by atoms with Gasteiger partial charge in [0.2, 0.25) is 0 Å². The van der Waals surface area contributed by atoms with Crippen LogP contribution in [0.2, 0.25) is 0 Å². The lowest BCUT2D eigenvalue weighted by atomic mass is 10.1. The van der Waals surface area contributed by atoms with Crippen LogP contribution in [0, 0.1) is 0 Å². The number of nitrogens with zero attached hydrogens (tertiary/aromatic N) is 1. The third-order valence-electron chi connectivity index (χ3n) is 3.79. The average molecular weight is 281 g/mol. The predicted octanol–water partition coefficient (Wildman–Crippen LogP) is 1.46. The van der Waals surface area contributed by atoms with Gasteiger partial charge in [-0.2, -0.15) is 0 Å². The predicted molar refractivity (Wildman–Crippen MR) is 76.4 cm³/mol. The molecule has 1 fully saturated rings. The molecule has 1 N–H and O–H groups in total. The Morgan fingerprint density at radius 1 is 1.30 bits per heavy atom. The molecule has 1 aromatic carbocycles. The average Bonchev–Trinajstić information content (AvgIpc) is 2.94. The molecule has 0 bridgehead atoms. The smallest absolute Gasteiger partial charge is 0.124 e. The third kappa shape index (κ3) is 3.42. The van der Waals surface area contributed by atoms with Gasteiger partial charge in [-0.3, -0.25) is 4.90 Å². The van der Waals surface area contributed by atoms with Crippen molar-refractivity contribution in [3.8, 4) is 11.5 Å². The molecule has 2 atom stereocenters. The van der Waals surface area contributed by atoms with Gasteiger partial charge in [0, 0.05) is 32.3 Å². The maximum Gasteiger partial charge on any atom is 0.124 e. The van der Waals surface area contributed by atoms with Gasteiger partial charge in [0.25, 0.3) is 0 Å². The van der Waals surface area contributed by atoms with Gasteiger partial charge >= 0.3 is 0 Å². The minimum Gasteiger partial charge on any atom is -0.497 e. The highest BCUT2D eigenvalue weighted by atomic mass is 16.5. The highest BCUT2D eigenvalue weighted by molar-refractivity contribution is 5.41. The third-order valence-corrected chi connectivity index (χ3v) is 3.79. The Morgan fingerprint density at radius 3 is 2.70 bits per heavy atom. The zero-order chi connectivity index (χ0) is 14.5. The number of aliphatic hydroxyl groups excluding tert-OH is 1. The summed E-state index contributed by atoms with van der Waals surface area (Å²) >= 11 is 0. The first-order chi connectivity index (χ1) is 9.67. The zero-order valence-corrected chi connectivity index (χ0v) is 12.3. The van der Waals surface area contributed by atoms with Crippen molar-refractivity contribution in [1.82, 2.24) is 4.90 Å². The van der Waals surface area contributed by atoms with E-state index in [0.29, 0.717) is 12.3 Å². The van der Waals surface area contributed by atoms with Crippen LogP contribution < -0.4 is 9.47 Å². The van der Waals surface area contributed by atoms with E-state index in [0.717, 1.165) is 30.8 Å². The summed E-state index contributed by atoms with van der Waals surface area (Å²) in [4.78, 5) is 2.21. The second kappa shape index (κ2) is 6.92. The zero-order valence-electron chi connectivity index (χ0n) is 12.3. The number of rotatable bonds is 6. The number of likely N-dealkylation sites (tertiary alicyclic amines) is 1. The van der Waals surface area contributed by atoms with E-state index in [4.69, 9.17) is 14.2 Å². The molecule has 1 saturated heterocycles. The molecule has 1 aromatic rings. The lowest BCUT2D eigenvalue weighted by molar-refractivity contribution is 0.0889. The summed E-state index contributed by atoms with van der Waals surface area (Å²) in [6.45, 7) is 2.38. The second-order valence-corrected chi connectivity index (χ2v) is 5.03. The van der Waals surface area contributed by atoms with Crippen molar-refractivity contribution in [2.24, 2.45) is 0 Å². The molecule has 0 amide bonds. The second-order valence-electron chi connectivity index (χ2n) is 5.03. The fourth-order valence-electron chi connectivity index (χ4n) is 2.60. The number of hydrogen-bond donors (Lipinski definition) is 1. The van der Waals surface area contributed by atoms with Gasteiger partial charge in [0.05, 0.1) is 26.4 Å². The van der Waals surface area contributed by atoms with E-state index in [1.807, 2.05) is 18.2 Å². The number of benzene rings is 1. The van der Waals surface area contributed by atoms with Gasteiger partial charge < -0.3 is 19.3 Å². The molecule has 0 spiro atoms. The van der Waals surface area contributed by atoms with Crippen LogP contribution >= 0.6 is 0 Å². The largest absolute Gasteiger partial charge is 0.497 e. The van der Waals surface area contributed by atoms with E-state index in [-0.39, 0.29) is 6.10 Å². The Labute approximate surface area is 120 Å². The van der Waals surface area contributed by atoms with Crippen molar-refractivity contribution in [1.29, 1.82) is 0 Å². The first-order valence-electron chi connectivity index (χ1n) is 6.83. The lowest BCUT2D eigenvalue weighted by Gasteiger charge is -2.22. The molecular formula is C15H23NO4. The van der Waals surface area contributed by atoms with Gasteiger partial charge in [-0.05, 0) is 24.6 Å². The fourth-order valence-corrected chi connectivity index (χ4v) is 2.60. The topological polar surface area (TPSA) is 51.2 Å². The molecule has 0 radical (unpaired) electrons. The quantitative estimate of drug-likeness (QED) is 0.855. The summed E-state index contributed by atoms with van der Waals surface area (Å²) in [5.41, 5.74) is 0.757. The molecule has 20 heavy (non-hydrogen) atoms. The van der Waals surface area contributed by atoms with Crippen LogP contribution in [-0.4, -0.2) is 57.1 Å². The van der Waals surface area contributed by atoms with Crippen LogP contribution in [0.15, 0.2) is 18.2 Å². The molecule has 2 rings (SSSR count). The number of β-amino-alcohol motifs (C(OH)–C–C–N with tert-alkyl or cyclic N) is 1. The van der Waals surface area contributed by atoms with Gasteiger partial charge in [0.15, 0.2) is 0 Å². The highest BCUT2D eigenvalue weighted by Gasteiger charge is 2.25. The lowest BCUT2D eigenvalue weighted by Crippen LogP contribution is -2.28. The van der Waals surface area contributed by atoms with Crippen molar-refractivity contribution in [3.63, 3.8) is 0 Å². The van der Waals surface area contributed by atoms with Crippen molar-refractivity contribution < 1.29 is 19.3 Å². The maximum atomic E-state index is 10.5. The van der Waals surface area contributed by atoms with E-state index >= 15 is 0 Å². The molecule has 0 aromatic heterocycles. The minimum absolute atomic E-state index is 0.273. The first kappa shape index (κ1) is 15.1. The van der Waals surface area contributed by atoms with E-state index in [1.165, 1.54) is 0 Å². The first-order valence-corrected chi connectivity index (χ1v) is 6.83. The van der Waals surface area contributed by atoms with Crippen molar-refractivity contribution in [3.05, 3.63) is 23.8 Å². The summed E-state index contributed by atoms with van der Waals surface area (Å²) in [6.07, 6.45) is 0.684. The Balaban J connectivity index is 2.06. The van der Waals surface area contributed by atoms with E-state index < -0.39 is 6.10 Å². The molecular weight excluding hydrogens is 258 g/mol. The molecule has 1 heterocycles. The normalized spacial score (nSPS) is 20.9. The van der Waals surface area contributed by atoms with Crippen LogP contribution in [0.25, 0.3) is 0 Å². The number of methoxy groups -OCH3 is 3. The van der Waals surface area contributed by atoms with Gasteiger partial charge in [-0.25, -0.2) is 0 Å². The standard InChI is InChI=1S/C15H23NO4/c1-18-11-4-5-15(20-3)13(8-11)14(17)10-16-7-6-12(9-16)19-2/h4-5,8,12,14,17H,6-7,9-10H2,1-3H3. The van der Waals surface area contributed by atoms with Crippen LogP contribution in [-0.2, 0) is 4.74 Å². The molecule has 1 aliphatic rings. The maximum absolute atomic E-state index is 10.5. The van der Waals surface area contributed by atoms with E-state index in [2.05, 4.69) is 4.90 Å². The monoisotopic (exact) mass is 281 g/mol. The SMILES string of the molecule is COc1ccc(OC)c(C(O)CN2CCC(OC)C2)c1. The minimum atomic E-state index is -0.601. The van der Waals surface area contributed by atoms with Crippen LogP contribution in [0.1, 0.15) is 18.1 Å². The van der Waals surface area contributed by atoms with Crippen molar-refractivity contribution in [2.45, 2.75) is 18.6 Å². The summed E-state index contributed by atoms with van der Waals surface area (Å²) in [5.74, 6) is 1.40. The van der Waals surface area contributed by atoms with Crippen molar-refractivity contribution >= 4 is 0 Å². The Kier molecular flexibility index (Phi) is 5.23. The summed E-state index contributed by atoms with van der Waals surface area (Å²) in [5, 5.41) is 10.5. The van der Waals surface area contributed by atoms with Gasteiger partial charge in [0.1, 0.15) is 11.5 Å². The van der Waals surface area contributed by atoms with Crippen LogP contribution in [0.3, 0.4) is 0 Å². The Hall–Kier alpha value is -1.30. The van der Waals surface area contributed by atoms with Crippen LogP contribution in [0.5, 0.6) is 11.5 Å². The summed E-state index contributed by atoms with van der Waals surface area (Å²) in [6, 6.07) is 5.47. The molecule has 0 aliphatic carbocycles. The summed E-state index contributed by atoms with van der Waals surface area (Å²) < 4.78 is 15.9. The summed E-state index contributed by atoms with van der Waals surface area (Å²) in [7, 11) is 4.95. The Bertz CT molecular complexity index is 438. The number of ether oxygens (including phenoxy) is 3. The van der Waals surface area contributed by atoms with E-state index in [1.54, 1.807) is 21.3 Å².